The molecule has 13 heavy (non-hydrogen) atoms. The molecular formula is C10H11NO2. The summed E-state index contributed by atoms with van der Waals surface area (Å²) in [6, 6.07) is 6.75. The van der Waals surface area contributed by atoms with Crippen molar-refractivity contribution in [3.63, 3.8) is 0 Å². The highest BCUT2D eigenvalue weighted by Gasteiger charge is 2.09. The van der Waals surface area contributed by atoms with Crippen molar-refractivity contribution in [2.24, 2.45) is 0 Å². The lowest BCUT2D eigenvalue weighted by Gasteiger charge is -2.07. The molecule has 1 aromatic carbocycles. The van der Waals surface area contributed by atoms with Gasteiger partial charge in [-0.3, -0.25) is 0 Å². The van der Waals surface area contributed by atoms with E-state index >= 15 is 0 Å². The highest BCUT2D eigenvalue weighted by Crippen LogP contribution is 2.14. The number of aromatic carboxylic acids is 1. The van der Waals surface area contributed by atoms with Crippen molar-refractivity contribution in [2.45, 2.75) is 0 Å². The average Bonchev–Trinajstić information content (AvgIpc) is 2.16. The molecule has 1 aromatic rings. The van der Waals surface area contributed by atoms with Crippen LogP contribution in [0.2, 0.25) is 0 Å². The molecule has 3 nitrogen and oxygen atoms in total. The van der Waals surface area contributed by atoms with E-state index in [2.05, 4.69) is 11.9 Å². The monoisotopic (exact) mass is 177 g/mol. The van der Waals surface area contributed by atoms with E-state index in [0.717, 1.165) is 0 Å². The lowest BCUT2D eigenvalue weighted by atomic mass is 10.1. The van der Waals surface area contributed by atoms with Gasteiger partial charge in [0.25, 0.3) is 0 Å². The summed E-state index contributed by atoms with van der Waals surface area (Å²) in [4.78, 5) is 10.8. The minimum Gasteiger partial charge on any atom is -0.478 e. The Morgan fingerprint density at radius 1 is 1.38 bits per heavy atom. The van der Waals surface area contributed by atoms with Gasteiger partial charge in [-0.25, -0.2) is 4.79 Å². The smallest absolute Gasteiger partial charge is 0.336 e. The van der Waals surface area contributed by atoms with Gasteiger partial charge in [-0.1, -0.05) is 24.8 Å². The fourth-order valence-corrected chi connectivity index (χ4v) is 1.07. The molecule has 0 amide bonds. The molecular weight excluding hydrogens is 166 g/mol. The summed E-state index contributed by atoms with van der Waals surface area (Å²) in [6.07, 6.45) is 0. The van der Waals surface area contributed by atoms with Crippen LogP contribution in [0.5, 0.6) is 0 Å². The molecule has 0 atom stereocenters. The second-order valence-electron chi connectivity index (χ2n) is 2.58. The van der Waals surface area contributed by atoms with Crippen molar-refractivity contribution in [2.75, 3.05) is 7.05 Å². The van der Waals surface area contributed by atoms with Crippen LogP contribution in [-0.4, -0.2) is 18.1 Å². The molecule has 0 fully saturated rings. The molecule has 0 radical (unpaired) electrons. The number of nitrogens with one attached hydrogen (secondary N) is 1. The quantitative estimate of drug-likeness (QED) is 0.736. The van der Waals surface area contributed by atoms with Crippen LogP contribution in [-0.2, 0) is 0 Å². The first-order chi connectivity index (χ1) is 6.16. The van der Waals surface area contributed by atoms with Gasteiger partial charge in [0.1, 0.15) is 0 Å². The molecule has 68 valence electrons. The maximum absolute atomic E-state index is 10.8. The number of rotatable bonds is 3. The summed E-state index contributed by atoms with van der Waals surface area (Å²) in [5, 5.41) is 11.7. The van der Waals surface area contributed by atoms with Crippen molar-refractivity contribution in [1.29, 1.82) is 0 Å². The Labute approximate surface area is 76.7 Å². The van der Waals surface area contributed by atoms with Gasteiger partial charge in [-0.05, 0) is 6.07 Å². The number of carboxylic acids is 1. The zero-order valence-electron chi connectivity index (χ0n) is 7.37. The summed E-state index contributed by atoms with van der Waals surface area (Å²) in [5.74, 6) is -0.938. The molecule has 3 heteroatoms. The van der Waals surface area contributed by atoms with Gasteiger partial charge in [0, 0.05) is 18.3 Å². The molecule has 0 heterocycles. The Bertz CT molecular complexity index is 345. The fraction of sp³-hybridized carbons (Fsp3) is 0.100. The van der Waals surface area contributed by atoms with E-state index in [4.69, 9.17) is 5.11 Å². The Morgan fingerprint density at radius 2 is 1.92 bits per heavy atom. The minimum atomic E-state index is -0.938. The summed E-state index contributed by atoms with van der Waals surface area (Å²) in [6.45, 7) is 3.71. The first kappa shape index (κ1) is 9.32. The van der Waals surface area contributed by atoms with E-state index in [1.165, 1.54) is 0 Å². The Kier molecular flexibility index (Phi) is 2.69. The predicted octanol–water partition coefficient (Wildman–Crippen LogP) is 1.57. The third-order valence-corrected chi connectivity index (χ3v) is 1.78. The van der Waals surface area contributed by atoms with Crippen molar-refractivity contribution in [3.05, 3.63) is 42.0 Å². The van der Waals surface area contributed by atoms with Crippen LogP contribution >= 0.6 is 0 Å². The molecule has 0 aromatic heterocycles. The van der Waals surface area contributed by atoms with Crippen molar-refractivity contribution in [3.8, 4) is 0 Å². The van der Waals surface area contributed by atoms with Gasteiger partial charge in [-0.2, -0.15) is 0 Å². The van der Waals surface area contributed by atoms with Crippen LogP contribution in [0.3, 0.4) is 0 Å². The molecule has 0 aliphatic rings. The zero-order valence-corrected chi connectivity index (χ0v) is 7.37. The summed E-state index contributed by atoms with van der Waals surface area (Å²) < 4.78 is 0. The normalized spacial score (nSPS) is 9.31. The van der Waals surface area contributed by atoms with Crippen LogP contribution in [0.4, 0.5) is 0 Å². The summed E-state index contributed by atoms with van der Waals surface area (Å²) >= 11 is 0. The fourth-order valence-electron chi connectivity index (χ4n) is 1.07. The second-order valence-corrected chi connectivity index (χ2v) is 2.58. The van der Waals surface area contributed by atoms with Crippen LogP contribution in [0, 0.1) is 0 Å². The number of carbonyl (C=O) groups is 1. The third-order valence-electron chi connectivity index (χ3n) is 1.78. The van der Waals surface area contributed by atoms with Crippen LogP contribution in [0.25, 0.3) is 5.70 Å². The maximum atomic E-state index is 10.8. The van der Waals surface area contributed by atoms with Gasteiger partial charge in [0.2, 0.25) is 0 Å². The second kappa shape index (κ2) is 3.76. The van der Waals surface area contributed by atoms with E-state index in [1.54, 1.807) is 31.3 Å². The lowest BCUT2D eigenvalue weighted by Crippen LogP contribution is -2.08. The van der Waals surface area contributed by atoms with E-state index in [1.807, 2.05) is 0 Å². The molecule has 0 aliphatic carbocycles. The van der Waals surface area contributed by atoms with Gasteiger partial charge in [0.15, 0.2) is 0 Å². The standard InChI is InChI=1S/C10H11NO2/c1-7(11-2)8-5-3-4-6-9(8)10(12)13/h3-6,11H,1H2,2H3,(H,12,13). The molecule has 1 rings (SSSR count). The topological polar surface area (TPSA) is 49.3 Å². The van der Waals surface area contributed by atoms with Crippen LogP contribution < -0.4 is 5.32 Å². The molecule has 2 N–H and O–H groups in total. The number of hydrogen-bond acceptors (Lipinski definition) is 2. The number of benzene rings is 1. The van der Waals surface area contributed by atoms with Crippen molar-refractivity contribution < 1.29 is 9.90 Å². The van der Waals surface area contributed by atoms with Crippen LogP contribution in [0.1, 0.15) is 15.9 Å². The SMILES string of the molecule is C=C(NC)c1ccccc1C(=O)O. The molecule has 0 unspecified atom stereocenters. The van der Waals surface area contributed by atoms with Crippen LogP contribution in [0.15, 0.2) is 30.8 Å². The van der Waals surface area contributed by atoms with Gasteiger partial charge < -0.3 is 10.4 Å². The lowest BCUT2D eigenvalue weighted by molar-refractivity contribution is 0.0696. The van der Waals surface area contributed by atoms with E-state index < -0.39 is 5.97 Å². The maximum Gasteiger partial charge on any atom is 0.336 e. The van der Waals surface area contributed by atoms with E-state index in [-0.39, 0.29) is 5.56 Å². The first-order valence-electron chi connectivity index (χ1n) is 3.86. The molecule has 0 spiro atoms. The van der Waals surface area contributed by atoms with Crippen molar-refractivity contribution >= 4 is 11.7 Å². The highest BCUT2D eigenvalue weighted by molar-refractivity contribution is 5.93. The number of carboxylic acid groups (broad SMARTS) is 1. The Hall–Kier alpha value is -1.77. The summed E-state index contributed by atoms with van der Waals surface area (Å²) in [7, 11) is 1.71. The molecule has 0 saturated heterocycles. The molecule has 0 bridgehead atoms. The average molecular weight is 177 g/mol. The summed E-state index contributed by atoms with van der Waals surface area (Å²) in [5.41, 5.74) is 1.50. The third kappa shape index (κ3) is 1.87. The Morgan fingerprint density at radius 3 is 2.38 bits per heavy atom. The largest absolute Gasteiger partial charge is 0.478 e. The molecule has 0 aliphatic heterocycles. The van der Waals surface area contributed by atoms with Gasteiger partial charge in [0.05, 0.1) is 5.56 Å². The zero-order chi connectivity index (χ0) is 9.84. The van der Waals surface area contributed by atoms with E-state index in [9.17, 15) is 4.79 Å². The minimum absolute atomic E-state index is 0.266. The van der Waals surface area contributed by atoms with Crippen molar-refractivity contribution in [1.82, 2.24) is 5.32 Å². The van der Waals surface area contributed by atoms with Gasteiger partial charge >= 0.3 is 5.97 Å². The molecule has 0 saturated carbocycles. The van der Waals surface area contributed by atoms with Gasteiger partial charge in [-0.15, -0.1) is 0 Å². The predicted molar refractivity (Wildman–Crippen MR) is 51.5 cm³/mol. The van der Waals surface area contributed by atoms with E-state index in [0.29, 0.717) is 11.3 Å². The number of hydrogen-bond donors (Lipinski definition) is 2. The first-order valence-corrected chi connectivity index (χ1v) is 3.86. The highest BCUT2D eigenvalue weighted by atomic mass is 16.4. The Balaban J connectivity index is 3.19.